The van der Waals surface area contributed by atoms with Crippen LogP contribution in [0.5, 0.6) is 0 Å². The number of carbonyl (C=O) groups excluding carboxylic acids is 2. The Morgan fingerprint density at radius 1 is 0.814 bits per heavy atom. The van der Waals surface area contributed by atoms with E-state index in [4.69, 9.17) is 0 Å². The van der Waals surface area contributed by atoms with E-state index in [1.807, 2.05) is 57.2 Å². The molecular formula is C34H36FN3O4S. The van der Waals surface area contributed by atoms with E-state index in [2.05, 4.69) is 5.32 Å². The Morgan fingerprint density at radius 3 is 2.02 bits per heavy atom. The van der Waals surface area contributed by atoms with Crippen LogP contribution >= 0.6 is 0 Å². The zero-order valence-corrected chi connectivity index (χ0v) is 25.6. The van der Waals surface area contributed by atoms with Crippen LogP contribution in [0.1, 0.15) is 27.8 Å². The minimum absolute atomic E-state index is 0.0258. The zero-order chi connectivity index (χ0) is 31.1. The van der Waals surface area contributed by atoms with Crippen molar-refractivity contribution >= 4 is 27.5 Å². The molecule has 0 radical (unpaired) electrons. The standard InChI is InChI=1S/C34H36FN3O4S/c1-24-14-16-30(17-15-24)43(41,42)38(29-19-25(2)18-26(3)20-29)23-33(39)37(22-28-12-8-9-13-31(28)35)32(34(40)36-4)21-27-10-6-5-7-11-27/h5-20,32H,21-23H2,1-4H3,(H,36,40)/t32-/m1/s1. The van der Waals surface area contributed by atoms with E-state index in [-0.39, 0.29) is 23.4 Å². The highest BCUT2D eigenvalue weighted by Crippen LogP contribution is 2.27. The Labute approximate surface area is 253 Å². The van der Waals surface area contributed by atoms with Crippen molar-refractivity contribution in [2.75, 3.05) is 17.9 Å². The summed E-state index contributed by atoms with van der Waals surface area (Å²) in [7, 11) is -2.75. The number of nitrogens with zero attached hydrogens (tertiary/aromatic N) is 2. The van der Waals surface area contributed by atoms with Crippen LogP contribution in [-0.4, -0.2) is 44.8 Å². The molecule has 9 heteroatoms. The SMILES string of the molecule is CNC(=O)[C@@H](Cc1ccccc1)N(Cc1ccccc1F)C(=O)CN(c1cc(C)cc(C)c1)S(=O)(=O)c1ccc(C)cc1. The number of carbonyl (C=O) groups is 2. The van der Waals surface area contributed by atoms with E-state index in [9.17, 15) is 22.4 Å². The molecule has 0 unspecified atom stereocenters. The van der Waals surface area contributed by atoms with Gasteiger partial charge in [0.25, 0.3) is 10.0 Å². The van der Waals surface area contributed by atoms with Gasteiger partial charge in [0.2, 0.25) is 11.8 Å². The first-order chi connectivity index (χ1) is 20.5. The molecule has 0 spiro atoms. The highest BCUT2D eigenvalue weighted by molar-refractivity contribution is 7.92. The lowest BCUT2D eigenvalue weighted by Crippen LogP contribution is -2.53. The highest BCUT2D eigenvalue weighted by Gasteiger charge is 2.34. The summed E-state index contributed by atoms with van der Waals surface area (Å²) in [6.45, 7) is 4.72. The molecule has 0 aliphatic rings. The van der Waals surface area contributed by atoms with E-state index < -0.39 is 40.2 Å². The maximum Gasteiger partial charge on any atom is 0.264 e. The molecule has 1 N–H and O–H groups in total. The normalized spacial score (nSPS) is 11.9. The molecule has 4 rings (SSSR count). The van der Waals surface area contributed by atoms with Gasteiger partial charge in [0.1, 0.15) is 18.4 Å². The van der Waals surface area contributed by atoms with Gasteiger partial charge in [-0.3, -0.25) is 13.9 Å². The van der Waals surface area contributed by atoms with Gasteiger partial charge in [0.15, 0.2) is 0 Å². The Hall–Kier alpha value is -4.50. The van der Waals surface area contributed by atoms with E-state index in [0.717, 1.165) is 26.6 Å². The summed E-state index contributed by atoms with van der Waals surface area (Å²) in [5.74, 6) is -1.63. The van der Waals surface area contributed by atoms with Gasteiger partial charge in [-0.1, -0.05) is 72.3 Å². The Morgan fingerprint density at radius 2 is 1.42 bits per heavy atom. The van der Waals surface area contributed by atoms with Crippen LogP contribution in [0, 0.1) is 26.6 Å². The number of benzene rings is 4. The van der Waals surface area contributed by atoms with Crippen molar-refractivity contribution < 1.29 is 22.4 Å². The van der Waals surface area contributed by atoms with Gasteiger partial charge >= 0.3 is 0 Å². The number of amides is 2. The van der Waals surface area contributed by atoms with Crippen molar-refractivity contribution in [1.29, 1.82) is 0 Å². The monoisotopic (exact) mass is 601 g/mol. The van der Waals surface area contributed by atoms with Crippen molar-refractivity contribution in [3.8, 4) is 0 Å². The van der Waals surface area contributed by atoms with E-state index in [1.165, 1.54) is 30.1 Å². The maximum absolute atomic E-state index is 14.9. The predicted molar refractivity (Wildman–Crippen MR) is 167 cm³/mol. The first-order valence-electron chi connectivity index (χ1n) is 14.0. The summed E-state index contributed by atoms with van der Waals surface area (Å²) in [6.07, 6.45) is 0.148. The number of aryl methyl sites for hydroxylation is 3. The van der Waals surface area contributed by atoms with Crippen molar-refractivity contribution in [2.24, 2.45) is 0 Å². The summed E-state index contributed by atoms with van der Waals surface area (Å²) in [4.78, 5) is 28.9. The minimum Gasteiger partial charge on any atom is -0.357 e. The predicted octanol–water partition coefficient (Wildman–Crippen LogP) is 5.33. The summed E-state index contributed by atoms with van der Waals surface area (Å²) in [5, 5.41) is 2.62. The minimum atomic E-state index is -4.21. The molecule has 224 valence electrons. The van der Waals surface area contributed by atoms with Crippen molar-refractivity contribution in [3.05, 3.63) is 131 Å². The van der Waals surface area contributed by atoms with Gasteiger partial charge in [0.05, 0.1) is 10.6 Å². The molecule has 43 heavy (non-hydrogen) atoms. The molecule has 0 aliphatic heterocycles. The lowest BCUT2D eigenvalue weighted by atomic mass is 10.0. The molecule has 0 aromatic heterocycles. The second-order valence-electron chi connectivity index (χ2n) is 10.6. The number of sulfonamides is 1. The van der Waals surface area contributed by atoms with E-state index >= 15 is 0 Å². The molecule has 0 aliphatic carbocycles. The fourth-order valence-corrected chi connectivity index (χ4v) is 6.39. The zero-order valence-electron chi connectivity index (χ0n) is 24.7. The van der Waals surface area contributed by atoms with Crippen LogP contribution in [0.25, 0.3) is 0 Å². The van der Waals surface area contributed by atoms with Crippen LogP contribution in [0.2, 0.25) is 0 Å². The second kappa shape index (κ2) is 13.6. The van der Waals surface area contributed by atoms with Gasteiger partial charge in [-0.05, 0) is 67.8 Å². The van der Waals surface area contributed by atoms with Crippen LogP contribution in [0.3, 0.4) is 0 Å². The molecule has 4 aromatic rings. The number of rotatable bonds is 11. The molecule has 1 atom stereocenters. The molecule has 2 amide bonds. The smallest absolute Gasteiger partial charge is 0.264 e. The van der Waals surface area contributed by atoms with Crippen LogP contribution in [0.4, 0.5) is 10.1 Å². The van der Waals surface area contributed by atoms with Gasteiger partial charge in [0, 0.05) is 25.6 Å². The summed E-state index contributed by atoms with van der Waals surface area (Å²) < 4.78 is 44.2. The summed E-state index contributed by atoms with van der Waals surface area (Å²) in [5.41, 5.74) is 3.84. The number of hydrogen-bond donors (Lipinski definition) is 1. The Bertz CT molecular complexity index is 1670. The molecule has 0 saturated carbocycles. The number of hydrogen-bond acceptors (Lipinski definition) is 4. The molecule has 0 heterocycles. The first kappa shape index (κ1) is 31.4. The fraction of sp³-hybridized carbons (Fsp3) is 0.235. The van der Waals surface area contributed by atoms with Crippen molar-refractivity contribution in [1.82, 2.24) is 10.2 Å². The molecule has 0 saturated heterocycles. The van der Waals surface area contributed by atoms with Gasteiger partial charge < -0.3 is 10.2 Å². The Balaban J connectivity index is 1.82. The fourth-order valence-electron chi connectivity index (χ4n) is 4.99. The quantitative estimate of drug-likeness (QED) is 0.252. The number of nitrogens with one attached hydrogen (secondary N) is 1. The lowest BCUT2D eigenvalue weighted by Gasteiger charge is -2.33. The number of halogens is 1. The number of anilines is 1. The van der Waals surface area contributed by atoms with Crippen molar-refractivity contribution in [3.63, 3.8) is 0 Å². The van der Waals surface area contributed by atoms with Gasteiger partial charge in [-0.15, -0.1) is 0 Å². The molecule has 0 bridgehead atoms. The van der Waals surface area contributed by atoms with Crippen LogP contribution in [0.15, 0.2) is 102 Å². The largest absolute Gasteiger partial charge is 0.357 e. The second-order valence-corrected chi connectivity index (χ2v) is 12.5. The third-order valence-electron chi connectivity index (χ3n) is 7.20. The molecule has 0 fully saturated rings. The van der Waals surface area contributed by atoms with E-state index in [0.29, 0.717) is 5.69 Å². The maximum atomic E-state index is 14.9. The van der Waals surface area contributed by atoms with Crippen LogP contribution < -0.4 is 9.62 Å². The summed E-state index contributed by atoms with van der Waals surface area (Å²) >= 11 is 0. The molecular weight excluding hydrogens is 565 g/mol. The number of likely N-dealkylation sites (N-methyl/N-ethyl adjacent to an activating group) is 1. The van der Waals surface area contributed by atoms with Gasteiger partial charge in [-0.25, -0.2) is 12.8 Å². The lowest BCUT2D eigenvalue weighted by molar-refractivity contribution is -0.139. The van der Waals surface area contributed by atoms with Gasteiger partial charge in [-0.2, -0.15) is 0 Å². The van der Waals surface area contributed by atoms with Crippen LogP contribution in [-0.2, 0) is 32.6 Å². The third-order valence-corrected chi connectivity index (χ3v) is 8.99. The third kappa shape index (κ3) is 7.67. The highest BCUT2D eigenvalue weighted by atomic mass is 32.2. The van der Waals surface area contributed by atoms with E-state index in [1.54, 1.807) is 42.5 Å². The average Bonchev–Trinajstić information content (AvgIpc) is 2.98. The topological polar surface area (TPSA) is 86.8 Å². The molecule has 7 nitrogen and oxygen atoms in total. The Kier molecular flexibility index (Phi) is 9.98. The summed E-state index contributed by atoms with van der Waals surface area (Å²) in [6, 6.07) is 25.9. The molecule has 4 aromatic carbocycles. The van der Waals surface area contributed by atoms with Crippen molar-refractivity contribution in [2.45, 2.75) is 44.7 Å². The first-order valence-corrected chi connectivity index (χ1v) is 15.4. The average molecular weight is 602 g/mol.